The van der Waals surface area contributed by atoms with Crippen LogP contribution in [0.3, 0.4) is 0 Å². The van der Waals surface area contributed by atoms with Gasteiger partial charge in [-0.25, -0.2) is 0 Å². The Morgan fingerprint density at radius 1 is 1.04 bits per heavy atom. The molecule has 0 aliphatic carbocycles. The van der Waals surface area contributed by atoms with Crippen LogP contribution in [-0.2, 0) is 4.79 Å². The van der Waals surface area contributed by atoms with Gasteiger partial charge < -0.3 is 15.0 Å². The quantitative estimate of drug-likeness (QED) is 0.797. The van der Waals surface area contributed by atoms with Gasteiger partial charge in [-0.2, -0.15) is 0 Å². The molecule has 2 rings (SSSR count). The number of nitrogens with zero attached hydrogens (tertiary/aromatic N) is 1. The molecule has 0 radical (unpaired) electrons. The largest absolute Gasteiger partial charge is 0.481 e. The number of nitrogens with one attached hydrogen (secondary N) is 1. The molecule has 1 atom stereocenters. The van der Waals surface area contributed by atoms with Crippen molar-refractivity contribution >= 4 is 17.5 Å². The summed E-state index contributed by atoms with van der Waals surface area (Å²) in [6.45, 7) is 10.9. The third-order valence-electron chi connectivity index (χ3n) is 4.47. The average Bonchev–Trinajstić information content (AvgIpc) is 2.66. The van der Waals surface area contributed by atoms with Crippen LogP contribution in [-0.4, -0.2) is 35.9 Å². The van der Waals surface area contributed by atoms with Crippen LogP contribution in [0.15, 0.2) is 42.5 Å². The third-order valence-corrected chi connectivity index (χ3v) is 4.47. The number of hydrogen-bond acceptors (Lipinski definition) is 3. The molecule has 0 aliphatic heterocycles. The number of rotatable bonds is 7. The number of anilines is 1. The van der Waals surface area contributed by atoms with E-state index in [1.807, 2.05) is 45.9 Å². The van der Waals surface area contributed by atoms with E-state index in [4.69, 9.17) is 4.74 Å². The lowest BCUT2D eigenvalue weighted by atomic mass is 10.1. The van der Waals surface area contributed by atoms with E-state index >= 15 is 0 Å². The van der Waals surface area contributed by atoms with E-state index in [1.165, 1.54) is 0 Å². The molecule has 0 saturated heterocycles. The fourth-order valence-electron chi connectivity index (χ4n) is 2.71. The first kappa shape index (κ1) is 20.5. The van der Waals surface area contributed by atoms with Gasteiger partial charge in [0, 0.05) is 24.3 Å². The van der Waals surface area contributed by atoms with Crippen LogP contribution in [0.25, 0.3) is 0 Å². The highest BCUT2D eigenvalue weighted by atomic mass is 16.5. The molecule has 5 heteroatoms. The Hall–Kier alpha value is -2.82. The standard InChI is InChI=1S/C22H28N2O3/c1-6-24(7-2)22(26)18-10-12-19(13-11-18)23-21(25)17(5)27-20-14-15(3)8-9-16(20)4/h8-14,17H,6-7H2,1-5H3,(H,23,25). The Morgan fingerprint density at radius 3 is 2.26 bits per heavy atom. The van der Waals surface area contributed by atoms with Gasteiger partial charge in [0.1, 0.15) is 5.75 Å². The molecule has 0 aliphatic rings. The molecule has 0 heterocycles. The van der Waals surface area contributed by atoms with Gasteiger partial charge in [-0.15, -0.1) is 0 Å². The van der Waals surface area contributed by atoms with Crippen molar-refractivity contribution in [3.8, 4) is 5.75 Å². The summed E-state index contributed by atoms with van der Waals surface area (Å²) < 4.78 is 5.81. The Balaban J connectivity index is 2.00. The predicted octanol–water partition coefficient (Wildman–Crippen LogP) is 4.19. The fourth-order valence-corrected chi connectivity index (χ4v) is 2.71. The van der Waals surface area contributed by atoms with Gasteiger partial charge in [0.2, 0.25) is 0 Å². The molecule has 144 valence electrons. The van der Waals surface area contributed by atoms with Crippen LogP contribution < -0.4 is 10.1 Å². The van der Waals surface area contributed by atoms with Crippen molar-refractivity contribution in [2.24, 2.45) is 0 Å². The summed E-state index contributed by atoms with van der Waals surface area (Å²) in [5.74, 6) is 0.459. The molecule has 0 bridgehead atoms. The maximum absolute atomic E-state index is 12.4. The Bertz CT molecular complexity index is 796. The maximum atomic E-state index is 12.4. The monoisotopic (exact) mass is 368 g/mol. The first-order valence-electron chi connectivity index (χ1n) is 9.29. The van der Waals surface area contributed by atoms with Gasteiger partial charge >= 0.3 is 0 Å². The second kappa shape index (κ2) is 9.21. The van der Waals surface area contributed by atoms with Crippen LogP contribution >= 0.6 is 0 Å². The molecule has 1 N–H and O–H groups in total. The van der Waals surface area contributed by atoms with Crippen molar-refractivity contribution in [1.29, 1.82) is 0 Å². The summed E-state index contributed by atoms with van der Waals surface area (Å²) in [7, 11) is 0. The third kappa shape index (κ3) is 5.33. The van der Waals surface area contributed by atoms with Crippen molar-refractivity contribution in [3.05, 3.63) is 59.2 Å². The van der Waals surface area contributed by atoms with Crippen molar-refractivity contribution < 1.29 is 14.3 Å². The van der Waals surface area contributed by atoms with Gasteiger partial charge in [0.15, 0.2) is 6.10 Å². The van der Waals surface area contributed by atoms with E-state index < -0.39 is 6.10 Å². The number of amides is 2. The van der Waals surface area contributed by atoms with Crippen molar-refractivity contribution in [2.75, 3.05) is 18.4 Å². The zero-order chi connectivity index (χ0) is 20.0. The number of ether oxygens (including phenoxy) is 1. The number of carbonyl (C=O) groups excluding carboxylic acids is 2. The Morgan fingerprint density at radius 2 is 1.67 bits per heavy atom. The van der Waals surface area contributed by atoms with Gasteiger partial charge in [0.05, 0.1) is 0 Å². The first-order valence-corrected chi connectivity index (χ1v) is 9.29. The topological polar surface area (TPSA) is 58.6 Å². The van der Waals surface area contributed by atoms with Crippen molar-refractivity contribution in [2.45, 2.75) is 40.7 Å². The second-order valence-electron chi connectivity index (χ2n) is 6.57. The van der Waals surface area contributed by atoms with Gasteiger partial charge in [-0.05, 0) is 76.1 Å². The Kier molecular flexibility index (Phi) is 6.99. The summed E-state index contributed by atoms with van der Waals surface area (Å²) >= 11 is 0. The van der Waals surface area contributed by atoms with E-state index in [9.17, 15) is 9.59 Å². The zero-order valence-electron chi connectivity index (χ0n) is 16.7. The van der Waals surface area contributed by atoms with Gasteiger partial charge in [-0.1, -0.05) is 12.1 Å². The van der Waals surface area contributed by atoms with E-state index in [-0.39, 0.29) is 11.8 Å². The van der Waals surface area contributed by atoms with Crippen molar-refractivity contribution in [3.63, 3.8) is 0 Å². The molecule has 0 spiro atoms. The number of hydrogen-bond donors (Lipinski definition) is 1. The highest BCUT2D eigenvalue weighted by Crippen LogP contribution is 2.21. The molecular weight excluding hydrogens is 340 g/mol. The zero-order valence-corrected chi connectivity index (χ0v) is 16.7. The van der Waals surface area contributed by atoms with Crippen LogP contribution in [0, 0.1) is 13.8 Å². The molecule has 5 nitrogen and oxygen atoms in total. The minimum atomic E-state index is -0.637. The maximum Gasteiger partial charge on any atom is 0.265 e. The van der Waals surface area contributed by atoms with Crippen LogP contribution in [0.2, 0.25) is 0 Å². The average molecular weight is 368 g/mol. The van der Waals surface area contributed by atoms with Gasteiger partial charge in [-0.3, -0.25) is 9.59 Å². The number of carbonyl (C=O) groups is 2. The summed E-state index contributed by atoms with van der Waals surface area (Å²) in [5.41, 5.74) is 3.31. The summed E-state index contributed by atoms with van der Waals surface area (Å²) in [6.07, 6.45) is -0.637. The highest BCUT2D eigenvalue weighted by molar-refractivity contribution is 5.96. The van der Waals surface area contributed by atoms with Crippen LogP contribution in [0.5, 0.6) is 5.75 Å². The van der Waals surface area contributed by atoms with E-state index in [1.54, 1.807) is 36.1 Å². The van der Waals surface area contributed by atoms with Gasteiger partial charge in [0.25, 0.3) is 11.8 Å². The fraction of sp³-hybridized carbons (Fsp3) is 0.364. The molecule has 2 aromatic rings. The number of aryl methyl sites for hydroxylation is 2. The highest BCUT2D eigenvalue weighted by Gasteiger charge is 2.17. The summed E-state index contributed by atoms with van der Waals surface area (Å²) in [6, 6.07) is 12.8. The second-order valence-corrected chi connectivity index (χ2v) is 6.57. The molecule has 0 aromatic heterocycles. The smallest absolute Gasteiger partial charge is 0.265 e. The Labute approximate surface area is 161 Å². The van der Waals surface area contributed by atoms with E-state index in [2.05, 4.69) is 5.32 Å². The lowest BCUT2D eigenvalue weighted by Gasteiger charge is -2.19. The predicted molar refractivity (Wildman–Crippen MR) is 108 cm³/mol. The minimum absolute atomic E-state index is 0.00972. The minimum Gasteiger partial charge on any atom is -0.481 e. The molecule has 2 aromatic carbocycles. The normalized spacial score (nSPS) is 11.6. The van der Waals surface area contributed by atoms with Crippen LogP contribution in [0.1, 0.15) is 42.3 Å². The van der Waals surface area contributed by atoms with E-state index in [0.29, 0.717) is 30.1 Å². The lowest BCUT2D eigenvalue weighted by Crippen LogP contribution is -2.31. The van der Waals surface area contributed by atoms with Crippen LogP contribution in [0.4, 0.5) is 5.69 Å². The molecule has 1 unspecified atom stereocenters. The molecule has 2 amide bonds. The lowest BCUT2D eigenvalue weighted by molar-refractivity contribution is -0.122. The summed E-state index contributed by atoms with van der Waals surface area (Å²) in [4.78, 5) is 26.5. The summed E-state index contributed by atoms with van der Waals surface area (Å²) in [5, 5.41) is 2.83. The molecule has 0 fully saturated rings. The SMILES string of the molecule is CCN(CC)C(=O)c1ccc(NC(=O)C(C)Oc2cc(C)ccc2C)cc1. The first-order chi connectivity index (χ1) is 12.8. The number of benzene rings is 2. The van der Waals surface area contributed by atoms with E-state index in [0.717, 1.165) is 11.1 Å². The molecule has 0 saturated carbocycles. The van der Waals surface area contributed by atoms with Crippen molar-refractivity contribution in [1.82, 2.24) is 4.90 Å². The molecule has 27 heavy (non-hydrogen) atoms. The molecular formula is C22H28N2O3.